The summed E-state index contributed by atoms with van der Waals surface area (Å²) in [5.74, 6) is 0.740. The Bertz CT molecular complexity index is 533. The van der Waals surface area contributed by atoms with Crippen molar-refractivity contribution in [3.05, 3.63) is 47.9 Å². The summed E-state index contributed by atoms with van der Waals surface area (Å²) in [4.78, 5) is 11.7. The molecule has 3 N–H and O–H groups in total. The van der Waals surface area contributed by atoms with Gasteiger partial charge in [0.05, 0.1) is 17.6 Å². The van der Waals surface area contributed by atoms with E-state index in [-0.39, 0.29) is 5.91 Å². The van der Waals surface area contributed by atoms with Gasteiger partial charge in [0.2, 0.25) is 5.91 Å². The van der Waals surface area contributed by atoms with Crippen LogP contribution in [0.25, 0.3) is 0 Å². The second kappa shape index (κ2) is 5.40. The van der Waals surface area contributed by atoms with Gasteiger partial charge in [-0.3, -0.25) is 4.79 Å². The average molecular weight is 244 g/mol. The van der Waals surface area contributed by atoms with Crippen LogP contribution in [-0.2, 0) is 11.2 Å². The van der Waals surface area contributed by atoms with Crippen LogP contribution < -0.4 is 11.1 Å². The lowest BCUT2D eigenvalue weighted by Crippen LogP contribution is -2.13. The van der Waals surface area contributed by atoms with E-state index in [0.29, 0.717) is 24.2 Å². The lowest BCUT2D eigenvalue weighted by molar-refractivity contribution is -0.116. The number of aryl methyl sites for hydroxylation is 2. The molecule has 0 saturated heterocycles. The number of nitrogen functional groups attached to an aromatic ring is 1. The third-order valence-corrected chi connectivity index (χ3v) is 2.66. The van der Waals surface area contributed by atoms with Crippen molar-refractivity contribution >= 4 is 17.3 Å². The minimum Gasteiger partial charge on any atom is -0.469 e. The van der Waals surface area contributed by atoms with Crippen LogP contribution in [0.3, 0.4) is 0 Å². The Balaban J connectivity index is 1.91. The molecule has 1 aromatic heterocycles. The zero-order valence-corrected chi connectivity index (χ0v) is 10.3. The minimum atomic E-state index is -0.0676. The van der Waals surface area contributed by atoms with Gasteiger partial charge in [-0.15, -0.1) is 0 Å². The summed E-state index contributed by atoms with van der Waals surface area (Å²) in [7, 11) is 0. The molecule has 18 heavy (non-hydrogen) atoms. The molecule has 0 atom stereocenters. The van der Waals surface area contributed by atoms with E-state index in [4.69, 9.17) is 10.2 Å². The standard InChI is InChI=1S/C14H16N2O2/c1-10-4-6-13(12(15)9-10)16-14(17)7-5-11-3-2-8-18-11/h2-4,6,8-9H,5,7,15H2,1H3,(H,16,17). The molecular formula is C14H16N2O2. The maximum absolute atomic E-state index is 11.7. The third-order valence-electron chi connectivity index (χ3n) is 2.66. The summed E-state index contributed by atoms with van der Waals surface area (Å²) in [6.07, 6.45) is 2.57. The highest BCUT2D eigenvalue weighted by atomic mass is 16.3. The van der Waals surface area contributed by atoms with Gasteiger partial charge in [0, 0.05) is 12.8 Å². The molecule has 2 rings (SSSR count). The van der Waals surface area contributed by atoms with E-state index in [1.165, 1.54) is 0 Å². The Kier molecular flexibility index (Phi) is 3.67. The topological polar surface area (TPSA) is 68.3 Å². The molecule has 0 spiro atoms. The summed E-state index contributed by atoms with van der Waals surface area (Å²) in [5.41, 5.74) is 8.14. The van der Waals surface area contributed by atoms with Gasteiger partial charge in [0.25, 0.3) is 0 Å². The van der Waals surface area contributed by atoms with Crippen LogP contribution in [0.15, 0.2) is 41.0 Å². The van der Waals surface area contributed by atoms with Gasteiger partial charge < -0.3 is 15.5 Å². The number of rotatable bonds is 4. The molecule has 0 aliphatic carbocycles. The van der Waals surface area contributed by atoms with Gasteiger partial charge in [-0.2, -0.15) is 0 Å². The Morgan fingerprint density at radius 2 is 2.22 bits per heavy atom. The number of hydrogen-bond donors (Lipinski definition) is 2. The van der Waals surface area contributed by atoms with Crippen molar-refractivity contribution in [2.45, 2.75) is 19.8 Å². The molecule has 2 aromatic rings. The van der Waals surface area contributed by atoms with E-state index in [0.717, 1.165) is 11.3 Å². The van der Waals surface area contributed by atoms with E-state index in [1.807, 2.05) is 37.3 Å². The summed E-state index contributed by atoms with van der Waals surface area (Å²) < 4.78 is 5.17. The summed E-state index contributed by atoms with van der Waals surface area (Å²) in [6.45, 7) is 1.96. The highest BCUT2D eigenvalue weighted by molar-refractivity contribution is 5.93. The van der Waals surface area contributed by atoms with Crippen molar-refractivity contribution in [1.82, 2.24) is 0 Å². The maximum Gasteiger partial charge on any atom is 0.224 e. The van der Waals surface area contributed by atoms with Gasteiger partial charge in [0.1, 0.15) is 5.76 Å². The van der Waals surface area contributed by atoms with Crippen LogP contribution in [0.5, 0.6) is 0 Å². The number of nitrogens with one attached hydrogen (secondary N) is 1. The molecule has 0 aliphatic heterocycles. The van der Waals surface area contributed by atoms with Gasteiger partial charge in [0.15, 0.2) is 0 Å². The Morgan fingerprint density at radius 1 is 1.39 bits per heavy atom. The second-order valence-corrected chi connectivity index (χ2v) is 4.22. The first-order valence-electron chi connectivity index (χ1n) is 5.83. The van der Waals surface area contributed by atoms with E-state index >= 15 is 0 Å². The molecule has 0 bridgehead atoms. The van der Waals surface area contributed by atoms with Crippen molar-refractivity contribution in [1.29, 1.82) is 0 Å². The molecular weight excluding hydrogens is 228 g/mol. The predicted octanol–water partition coefficient (Wildman–Crippen LogP) is 2.74. The Morgan fingerprint density at radius 3 is 2.89 bits per heavy atom. The lowest BCUT2D eigenvalue weighted by atomic mass is 10.2. The Labute approximate surface area is 106 Å². The van der Waals surface area contributed by atoms with E-state index in [9.17, 15) is 4.79 Å². The zero-order valence-electron chi connectivity index (χ0n) is 10.3. The van der Waals surface area contributed by atoms with Crippen LogP contribution in [-0.4, -0.2) is 5.91 Å². The fourth-order valence-corrected chi connectivity index (χ4v) is 1.70. The van der Waals surface area contributed by atoms with Crippen LogP contribution >= 0.6 is 0 Å². The highest BCUT2D eigenvalue weighted by Gasteiger charge is 2.06. The van der Waals surface area contributed by atoms with Gasteiger partial charge in [-0.25, -0.2) is 0 Å². The molecule has 0 aliphatic rings. The molecule has 0 fully saturated rings. The molecule has 1 aromatic carbocycles. The van der Waals surface area contributed by atoms with E-state index in [2.05, 4.69) is 5.32 Å². The molecule has 0 radical (unpaired) electrons. The smallest absolute Gasteiger partial charge is 0.224 e. The average Bonchev–Trinajstić information content (AvgIpc) is 2.83. The maximum atomic E-state index is 11.7. The molecule has 0 unspecified atom stereocenters. The molecule has 1 amide bonds. The Hall–Kier alpha value is -2.23. The molecule has 4 nitrogen and oxygen atoms in total. The number of anilines is 2. The number of nitrogens with two attached hydrogens (primary N) is 1. The number of carbonyl (C=O) groups is 1. The number of hydrogen-bond acceptors (Lipinski definition) is 3. The second-order valence-electron chi connectivity index (χ2n) is 4.22. The van der Waals surface area contributed by atoms with E-state index in [1.54, 1.807) is 6.26 Å². The highest BCUT2D eigenvalue weighted by Crippen LogP contribution is 2.19. The van der Waals surface area contributed by atoms with Gasteiger partial charge >= 0.3 is 0 Å². The normalized spacial score (nSPS) is 10.3. The fraction of sp³-hybridized carbons (Fsp3) is 0.214. The van der Waals surface area contributed by atoms with Crippen LogP contribution in [0.2, 0.25) is 0 Å². The molecule has 1 heterocycles. The summed E-state index contributed by atoms with van der Waals surface area (Å²) in [6, 6.07) is 9.23. The van der Waals surface area contributed by atoms with Crippen LogP contribution in [0, 0.1) is 6.92 Å². The van der Waals surface area contributed by atoms with Crippen LogP contribution in [0.1, 0.15) is 17.7 Å². The van der Waals surface area contributed by atoms with Gasteiger partial charge in [-0.1, -0.05) is 6.07 Å². The lowest BCUT2D eigenvalue weighted by Gasteiger charge is -2.08. The largest absolute Gasteiger partial charge is 0.469 e. The van der Waals surface area contributed by atoms with Crippen molar-refractivity contribution in [2.75, 3.05) is 11.1 Å². The first-order valence-corrected chi connectivity index (χ1v) is 5.83. The molecule has 4 heteroatoms. The molecule has 0 saturated carbocycles. The number of furan rings is 1. The first kappa shape index (κ1) is 12.2. The van der Waals surface area contributed by atoms with Crippen molar-refractivity contribution < 1.29 is 9.21 Å². The van der Waals surface area contributed by atoms with Crippen LogP contribution in [0.4, 0.5) is 11.4 Å². The fourth-order valence-electron chi connectivity index (χ4n) is 1.70. The quantitative estimate of drug-likeness (QED) is 0.812. The number of amides is 1. The summed E-state index contributed by atoms with van der Waals surface area (Å²) >= 11 is 0. The van der Waals surface area contributed by atoms with Gasteiger partial charge in [-0.05, 0) is 36.8 Å². The van der Waals surface area contributed by atoms with E-state index < -0.39 is 0 Å². The monoisotopic (exact) mass is 244 g/mol. The van der Waals surface area contributed by atoms with Crippen molar-refractivity contribution in [3.8, 4) is 0 Å². The predicted molar refractivity (Wildman–Crippen MR) is 71.3 cm³/mol. The summed E-state index contributed by atoms with van der Waals surface area (Å²) in [5, 5.41) is 2.79. The minimum absolute atomic E-state index is 0.0676. The number of carbonyl (C=O) groups excluding carboxylic acids is 1. The van der Waals surface area contributed by atoms with Crippen molar-refractivity contribution in [2.24, 2.45) is 0 Å². The molecule has 94 valence electrons. The van der Waals surface area contributed by atoms with Crippen molar-refractivity contribution in [3.63, 3.8) is 0 Å². The number of benzene rings is 1. The third kappa shape index (κ3) is 3.13. The SMILES string of the molecule is Cc1ccc(NC(=O)CCc2ccco2)c(N)c1. The zero-order chi connectivity index (χ0) is 13.0. The first-order chi connectivity index (χ1) is 8.65.